The second-order valence-electron chi connectivity index (χ2n) is 6.99. The van der Waals surface area contributed by atoms with Crippen molar-refractivity contribution in [1.82, 2.24) is 4.57 Å². The Kier molecular flexibility index (Phi) is 6.88. The first-order valence-electron chi connectivity index (χ1n) is 9.63. The van der Waals surface area contributed by atoms with Gasteiger partial charge >= 0.3 is 5.97 Å². The minimum Gasteiger partial charge on any atom is -0.475 e. The number of rotatable bonds is 9. The molecule has 0 saturated carbocycles. The van der Waals surface area contributed by atoms with Crippen LogP contribution < -0.4 is 0 Å². The number of allylic oxidation sites excluding steroid dienone is 1. The smallest absolute Gasteiger partial charge is 0.372 e. The van der Waals surface area contributed by atoms with Crippen LogP contribution in [0.3, 0.4) is 0 Å². The number of carboxylic acid groups (broad SMARTS) is 1. The normalized spacial score (nSPS) is 10.6. The molecule has 0 aliphatic rings. The maximum absolute atomic E-state index is 12.9. The minimum atomic E-state index is -1.66. The van der Waals surface area contributed by atoms with Gasteiger partial charge in [-0.1, -0.05) is 42.5 Å². The van der Waals surface area contributed by atoms with Crippen LogP contribution in [0.1, 0.15) is 39.2 Å². The van der Waals surface area contributed by atoms with Crippen molar-refractivity contribution in [2.45, 2.75) is 13.0 Å². The van der Waals surface area contributed by atoms with E-state index in [9.17, 15) is 19.2 Å². The van der Waals surface area contributed by atoms with E-state index in [1.54, 1.807) is 65.4 Å². The van der Waals surface area contributed by atoms with E-state index in [-0.39, 0.29) is 5.78 Å². The predicted octanol–water partition coefficient (Wildman–Crippen LogP) is 3.27. The van der Waals surface area contributed by atoms with Gasteiger partial charge in [-0.05, 0) is 35.9 Å². The van der Waals surface area contributed by atoms with E-state index in [4.69, 9.17) is 10.4 Å². The van der Waals surface area contributed by atoms with Crippen LogP contribution in [-0.4, -0.2) is 33.0 Å². The molecule has 0 aliphatic carbocycles. The Balaban J connectivity index is 1.91. The lowest BCUT2D eigenvalue weighted by molar-refractivity contribution is -0.149. The molecule has 2 aromatic carbocycles. The van der Waals surface area contributed by atoms with E-state index in [1.165, 1.54) is 6.08 Å². The summed E-state index contributed by atoms with van der Waals surface area (Å²) in [5.74, 6) is -3.69. The first-order chi connectivity index (χ1) is 15.4. The molecule has 1 aromatic heterocycles. The third-order valence-electron chi connectivity index (χ3n) is 4.68. The zero-order chi connectivity index (χ0) is 23.1. The second-order valence-corrected chi connectivity index (χ2v) is 6.99. The molecule has 3 rings (SSSR count). The Morgan fingerprint density at radius 3 is 2.28 bits per heavy atom. The largest absolute Gasteiger partial charge is 0.475 e. The molecular weight excluding hydrogens is 408 g/mol. The van der Waals surface area contributed by atoms with E-state index in [0.717, 1.165) is 11.6 Å². The number of hydrogen-bond donors (Lipinski definition) is 1. The topological polar surface area (TPSA) is 117 Å². The van der Waals surface area contributed by atoms with Crippen molar-refractivity contribution in [3.63, 3.8) is 0 Å². The lowest BCUT2D eigenvalue weighted by atomic mass is 10.1. The highest BCUT2D eigenvalue weighted by Crippen LogP contribution is 2.18. The van der Waals surface area contributed by atoms with Gasteiger partial charge in [0, 0.05) is 29.6 Å². The summed E-state index contributed by atoms with van der Waals surface area (Å²) >= 11 is 0. The van der Waals surface area contributed by atoms with Gasteiger partial charge in [0.15, 0.2) is 11.6 Å². The zero-order valence-electron chi connectivity index (χ0n) is 16.9. The summed E-state index contributed by atoms with van der Waals surface area (Å²) in [6, 6.07) is 19.4. The van der Waals surface area contributed by atoms with Gasteiger partial charge in [0.2, 0.25) is 5.78 Å². The van der Waals surface area contributed by atoms with Crippen molar-refractivity contribution < 1.29 is 24.3 Å². The Labute approximate surface area is 183 Å². The lowest BCUT2D eigenvalue weighted by Crippen LogP contribution is -2.15. The van der Waals surface area contributed by atoms with E-state index in [1.807, 2.05) is 6.07 Å². The van der Waals surface area contributed by atoms with Gasteiger partial charge < -0.3 is 9.67 Å². The molecule has 0 spiro atoms. The van der Waals surface area contributed by atoms with Crippen LogP contribution in [0.25, 0.3) is 6.08 Å². The summed E-state index contributed by atoms with van der Waals surface area (Å²) in [4.78, 5) is 46.7. The van der Waals surface area contributed by atoms with Gasteiger partial charge in [0.25, 0.3) is 0 Å². The number of carboxylic acids is 1. The van der Waals surface area contributed by atoms with Crippen LogP contribution in [0.2, 0.25) is 0 Å². The van der Waals surface area contributed by atoms with Gasteiger partial charge in [-0.2, -0.15) is 5.26 Å². The van der Waals surface area contributed by atoms with Gasteiger partial charge in [0.05, 0.1) is 18.1 Å². The standard InChI is InChI=1S/C25H18N2O5/c26-14-17-6-8-18(9-7-17)15-27-16-20(24(30)19-4-2-1-3-5-19)12-21(27)10-11-22(28)13-23(29)25(31)32/h1-12,16H,13,15H2,(H,31,32)/b11-10+. The van der Waals surface area contributed by atoms with E-state index in [2.05, 4.69) is 6.07 Å². The quantitative estimate of drug-likeness (QED) is 0.243. The van der Waals surface area contributed by atoms with Crippen LogP contribution in [0.4, 0.5) is 0 Å². The second kappa shape index (κ2) is 9.96. The number of benzene rings is 2. The Morgan fingerprint density at radius 2 is 1.66 bits per heavy atom. The first kappa shape index (κ1) is 22.1. The molecule has 7 nitrogen and oxygen atoms in total. The molecule has 0 saturated heterocycles. The Morgan fingerprint density at radius 1 is 0.969 bits per heavy atom. The average molecular weight is 426 g/mol. The van der Waals surface area contributed by atoms with Gasteiger partial charge in [-0.3, -0.25) is 14.4 Å². The fraction of sp³-hybridized carbons (Fsp3) is 0.0800. The number of nitriles is 1. The maximum Gasteiger partial charge on any atom is 0.372 e. The van der Waals surface area contributed by atoms with E-state index < -0.39 is 24.0 Å². The third-order valence-corrected chi connectivity index (χ3v) is 4.68. The molecule has 158 valence electrons. The summed E-state index contributed by atoms with van der Waals surface area (Å²) in [5, 5.41) is 17.6. The molecule has 0 atom stereocenters. The molecule has 0 fully saturated rings. The SMILES string of the molecule is N#Cc1ccc(Cn2cc(C(=O)c3ccccc3)cc2/C=C/C(=O)CC(=O)C(=O)O)cc1. The van der Waals surface area contributed by atoms with Gasteiger partial charge in [-0.15, -0.1) is 0 Å². The summed E-state index contributed by atoms with van der Waals surface area (Å²) in [6.45, 7) is 0.371. The van der Waals surface area contributed by atoms with Crippen molar-refractivity contribution in [1.29, 1.82) is 5.26 Å². The van der Waals surface area contributed by atoms with Crippen LogP contribution in [0.5, 0.6) is 0 Å². The van der Waals surface area contributed by atoms with Gasteiger partial charge in [0.1, 0.15) is 0 Å². The van der Waals surface area contributed by atoms with Gasteiger partial charge in [-0.25, -0.2) is 4.79 Å². The number of carbonyl (C=O) groups is 4. The van der Waals surface area contributed by atoms with Crippen molar-refractivity contribution >= 4 is 29.4 Å². The molecule has 0 unspecified atom stereocenters. The third kappa shape index (κ3) is 5.52. The minimum absolute atomic E-state index is 0.189. The number of nitrogens with zero attached hydrogens (tertiary/aromatic N) is 2. The van der Waals surface area contributed by atoms with Crippen LogP contribution in [0.15, 0.2) is 72.9 Å². The highest BCUT2D eigenvalue weighted by Gasteiger charge is 2.16. The number of aromatic nitrogens is 1. The fourth-order valence-corrected chi connectivity index (χ4v) is 3.04. The van der Waals surface area contributed by atoms with Crippen molar-refractivity contribution in [3.8, 4) is 6.07 Å². The molecule has 3 aromatic rings. The number of aliphatic carboxylic acids is 1. The number of carbonyl (C=O) groups excluding carboxylic acids is 3. The number of Topliss-reactive ketones (excluding diaryl/α,β-unsaturated/α-hetero) is 1. The molecule has 32 heavy (non-hydrogen) atoms. The summed E-state index contributed by atoms with van der Waals surface area (Å²) in [5.41, 5.74) is 2.86. The maximum atomic E-state index is 12.9. The Bertz CT molecular complexity index is 1250. The first-order valence-corrected chi connectivity index (χ1v) is 9.63. The summed E-state index contributed by atoms with van der Waals surface area (Å²) in [6.07, 6.45) is 3.50. The van der Waals surface area contributed by atoms with Crippen LogP contribution >= 0.6 is 0 Å². The Hall–Kier alpha value is -4.57. The number of ketones is 3. The lowest BCUT2D eigenvalue weighted by Gasteiger charge is -2.07. The molecule has 7 heteroatoms. The van der Waals surface area contributed by atoms with Crippen molar-refractivity contribution in [2.75, 3.05) is 0 Å². The number of hydrogen-bond acceptors (Lipinski definition) is 5. The fourth-order valence-electron chi connectivity index (χ4n) is 3.04. The molecule has 0 aliphatic heterocycles. The predicted molar refractivity (Wildman–Crippen MR) is 116 cm³/mol. The molecular formula is C25H18N2O5. The van der Waals surface area contributed by atoms with Crippen LogP contribution in [-0.2, 0) is 20.9 Å². The van der Waals surface area contributed by atoms with E-state index >= 15 is 0 Å². The van der Waals surface area contributed by atoms with Crippen LogP contribution in [0, 0.1) is 11.3 Å². The van der Waals surface area contributed by atoms with E-state index in [0.29, 0.717) is 28.9 Å². The monoisotopic (exact) mass is 426 g/mol. The summed E-state index contributed by atoms with van der Waals surface area (Å²) in [7, 11) is 0. The molecule has 1 N–H and O–H groups in total. The highest BCUT2D eigenvalue weighted by molar-refractivity contribution is 6.37. The molecule has 0 bridgehead atoms. The molecule has 0 radical (unpaired) electrons. The average Bonchev–Trinajstić information content (AvgIpc) is 3.20. The van der Waals surface area contributed by atoms with Crippen molar-refractivity contribution in [2.24, 2.45) is 0 Å². The zero-order valence-corrected chi connectivity index (χ0v) is 16.9. The highest BCUT2D eigenvalue weighted by atomic mass is 16.4. The molecule has 0 amide bonds. The van der Waals surface area contributed by atoms with Crippen molar-refractivity contribution in [3.05, 3.63) is 101 Å². The molecule has 1 heterocycles. The summed E-state index contributed by atoms with van der Waals surface area (Å²) < 4.78 is 1.76.